The van der Waals surface area contributed by atoms with Crippen molar-refractivity contribution in [2.75, 3.05) is 22.6 Å². The number of hydrogen-bond donors (Lipinski definition) is 2. The van der Waals surface area contributed by atoms with Gasteiger partial charge >= 0.3 is 0 Å². The summed E-state index contributed by atoms with van der Waals surface area (Å²) in [4.78, 5) is 11.6. The van der Waals surface area contributed by atoms with Crippen LogP contribution in [0.15, 0.2) is 24.3 Å². The molecule has 0 radical (unpaired) electrons. The zero-order valence-corrected chi connectivity index (χ0v) is 11.5. The number of rotatable bonds is 7. The summed E-state index contributed by atoms with van der Waals surface area (Å²) in [7, 11) is -1.08. The van der Waals surface area contributed by atoms with Gasteiger partial charge in [0.15, 0.2) is 0 Å². The summed E-state index contributed by atoms with van der Waals surface area (Å²) in [5.41, 5.74) is 6.80. The van der Waals surface area contributed by atoms with Gasteiger partial charge < -0.3 is 11.1 Å². The molecule has 0 aliphatic rings. The standard InChI is InChI=1S/C13H20N2O2S/c1-2-3-6-9-18(17)10-13(16)15-12-8-5-4-7-11(12)14/h4-5,7-8H,2-3,6,9-10,14H2,1H3,(H,15,16). The van der Waals surface area contributed by atoms with Crippen LogP contribution in [0.25, 0.3) is 0 Å². The van der Waals surface area contributed by atoms with Crippen LogP contribution < -0.4 is 11.1 Å². The maximum Gasteiger partial charge on any atom is 0.237 e. The number of nitrogens with one attached hydrogen (secondary N) is 1. The molecule has 0 bridgehead atoms. The molecule has 4 nitrogen and oxygen atoms in total. The van der Waals surface area contributed by atoms with E-state index in [1.165, 1.54) is 0 Å². The zero-order chi connectivity index (χ0) is 13.4. The summed E-state index contributed by atoms with van der Waals surface area (Å²) in [5, 5.41) is 2.67. The van der Waals surface area contributed by atoms with Crippen molar-refractivity contribution in [2.24, 2.45) is 0 Å². The van der Waals surface area contributed by atoms with Crippen LogP contribution >= 0.6 is 0 Å². The highest BCUT2D eigenvalue weighted by atomic mass is 32.2. The van der Waals surface area contributed by atoms with E-state index in [0.717, 1.165) is 19.3 Å². The summed E-state index contributed by atoms with van der Waals surface area (Å²) in [6, 6.07) is 7.04. The first-order chi connectivity index (χ1) is 8.63. The third kappa shape index (κ3) is 5.31. The highest BCUT2D eigenvalue weighted by molar-refractivity contribution is 7.85. The van der Waals surface area contributed by atoms with Crippen molar-refractivity contribution in [3.8, 4) is 0 Å². The normalized spacial score (nSPS) is 12.1. The van der Waals surface area contributed by atoms with Crippen LogP contribution in [0, 0.1) is 0 Å². The number of anilines is 2. The third-order valence-corrected chi connectivity index (χ3v) is 3.83. The van der Waals surface area contributed by atoms with Gasteiger partial charge in [-0.05, 0) is 18.6 Å². The second-order valence-electron chi connectivity index (χ2n) is 4.13. The number of hydrogen-bond acceptors (Lipinski definition) is 3. The van der Waals surface area contributed by atoms with Gasteiger partial charge in [-0.25, -0.2) is 0 Å². The van der Waals surface area contributed by atoms with Crippen LogP contribution in [-0.2, 0) is 15.6 Å². The van der Waals surface area contributed by atoms with Crippen molar-refractivity contribution in [1.82, 2.24) is 0 Å². The molecule has 0 aliphatic carbocycles. The summed E-state index contributed by atoms with van der Waals surface area (Å²) < 4.78 is 11.6. The molecule has 1 atom stereocenters. The van der Waals surface area contributed by atoms with Crippen LogP contribution in [0.5, 0.6) is 0 Å². The lowest BCUT2D eigenvalue weighted by atomic mass is 10.3. The molecule has 0 heterocycles. The number of amides is 1. The highest BCUT2D eigenvalue weighted by Crippen LogP contribution is 2.16. The first kappa shape index (κ1) is 14.7. The largest absolute Gasteiger partial charge is 0.397 e. The van der Waals surface area contributed by atoms with Crippen molar-refractivity contribution in [1.29, 1.82) is 0 Å². The molecule has 0 aliphatic heterocycles. The average Bonchev–Trinajstić information content (AvgIpc) is 2.32. The molecule has 0 spiro atoms. The molecule has 3 N–H and O–H groups in total. The SMILES string of the molecule is CCCCCS(=O)CC(=O)Nc1ccccc1N. The molecule has 0 saturated heterocycles. The molecule has 100 valence electrons. The molecule has 1 unspecified atom stereocenters. The van der Waals surface area contributed by atoms with Crippen LogP contribution in [0.4, 0.5) is 11.4 Å². The average molecular weight is 268 g/mol. The van der Waals surface area contributed by atoms with Gasteiger partial charge in [0, 0.05) is 16.6 Å². The minimum atomic E-state index is -1.08. The molecule has 1 aromatic carbocycles. The van der Waals surface area contributed by atoms with Gasteiger partial charge in [0.1, 0.15) is 5.75 Å². The Kier molecular flexibility index (Phi) is 6.43. The maximum absolute atomic E-state index is 11.6. The van der Waals surface area contributed by atoms with Crippen molar-refractivity contribution in [2.45, 2.75) is 26.2 Å². The number of carbonyl (C=O) groups is 1. The minimum Gasteiger partial charge on any atom is -0.397 e. The Balaban J connectivity index is 2.38. The molecule has 18 heavy (non-hydrogen) atoms. The molecule has 0 fully saturated rings. The Hall–Kier alpha value is -1.36. The Bertz CT molecular complexity index is 421. The summed E-state index contributed by atoms with van der Waals surface area (Å²) >= 11 is 0. The molecule has 1 rings (SSSR count). The van der Waals surface area contributed by atoms with Crippen molar-refractivity contribution in [3.05, 3.63) is 24.3 Å². The quantitative estimate of drug-likeness (QED) is 0.588. The Morgan fingerprint density at radius 2 is 2.06 bits per heavy atom. The Morgan fingerprint density at radius 3 is 2.72 bits per heavy atom. The summed E-state index contributed by atoms with van der Waals surface area (Å²) in [6.45, 7) is 2.09. The van der Waals surface area contributed by atoms with E-state index < -0.39 is 10.8 Å². The van der Waals surface area contributed by atoms with Crippen LogP contribution in [-0.4, -0.2) is 21.6 Å². The fourth-order valence-electron chi connectivity index (χ4n) is 1.53. The van der Waals surface area contributed by atoms with Gasteiger partial charge in [0.05, 0.1) is 11.4 Å². The van der Waals surface area contributed by atoms with Gasteiger partial charge in [-0.15, -0.1) is 0 Å². The van der Waals surface area contributed by atoms with E-state index in [9.17, 15) is 9.00 Å². The number of unbranched alkanes of at least 4 members (excludes halogenated alkanes) is 2. The van der Waals surface area contributed by atoms with Gasteiger partial charge in [0.25, 0.3) is 0 Å². The molecular weight excluding hydrogens is 248 g/mol. The second-order valence-corrected chi connectivity index (χ2v) is 5.71. The van der Waals surface area contributed by atoms with Crippen molar-refractivity contribution < 1.29 is 9.00 Å². The van der Waals surface area contributed by atoms with E-state index >= 15 is 0 Å². The molecule has 1 aromatic rings. The van der Waals surface area contributed by atoms with Crippen molar-refractivity contribution in [3.63, 3.8) is 0 Å². The maximum atomic E-state index is 11.6. The van der Waals surface area contributed by atoms with E-state index in [0.29, 0.717) is 17.1 Å². The van der Waals surface area contributed by atoms with Crippen LogP contribution in [0.3, 0.4) is 0 Å². The highest BCUT2D eigenvalue weighted by Gasteiger charge is 2.09. The summed E-state index contributed by atoms with van der Waals surface area (Å²) in [5.74, 6) is 0.381. The first-order valence-electron chi connectivity index (χ1n) is 6.12. The molecule has 0 aromatic heterocycles. The number of nitrogens with two attached hydrogens (primary N) is 1. The Morgan fingerprint density at radius 1 is 1.33 bits per heavy atom. The Labute approximate surface area is 110 Å². The number of benzene rings is 1. The van der Waals surface area contributed by atoms with E-state index in [-0.39, 0.29) is 11.7 Å². The second kappa shape index (κ2) is 7.87. The number of carbonyl (C=O) groups excluding carboxylic acids is 1. The van der Waals surface area contributed by atoms with E-state index in [2.05, 4.69) is 12.2 Å². The van der Waals surface area contributed by atoms with Crippen LogP contribution in [0.1, 0.15) is 26.2 Å². The first-order valence-corrected chi connectivity index (χ1v) is 7.61. The fraction of sp³-hybridized carbons (Fsp3) is 0.462. The number of para-hydroxylation sites is 2. The lowest BCUT2D eigenvalue weighted by Crippen LogP contribution is -2.21. The van der Waals surface area contributed by atoms with Crippen LogP contribution in [0.2, 0.25) is 0 Å². The molecule has 0 saturated carbocycles. The lowest BCUT2D eigenvalue weighted by Gasteiger charge is -2.07. The molecule has 5 heteroatoms. The van der Waals surface area contributed by atoms with Gasteiger partial charge in [-0.1, -0.05) is 31.9 Å². The van der Waals surface area contributed by atoms with E-state index in [4.69, 9.17) is 5.73 Å². The van der Waals surface area contributed by atoms with Gasteiger partial charge in [-0.3, -0.25) is 9.00 Å². The van der Waals surface area contributed by atoms with Crippen molar-refractivity contribution >= 4 is 28.1 Å². The fourth-order valence-corrected chi connectivity index (χ4v) is 2.56. The lowest BCUT2D eigenvalue weighted by molar-refractivity contribution is -0.113. The molecular formula is C13H20N2O2S. The van der Waals surface area contributed by atoms with E-state index in [1.807, 2.05) is 0 Å². The van der Waals surface area contributed by atoms with E-state index in [1.54, 1.807) is 24.3 Å². The minimum absolute atomic E-state index is 0.0397. The summed E-state index contributed by atoms with van der Waals surface area (Å²) in [6.07, 6.45) is 3.05. The predicted octanol–water partition coefficient (Wildman–Crippen LogP) is 2.15. The smallest absolute Gasteiger partial charge is 0.237 e. The predicted molar refractivity (Wildman–Crippen MR) is 76.9 cm³/mol. The third-order valence-electron chi connectivity index (χ3n) is 2.50. The van der Waals surface area contributed by atoms with Gasteiger partial charge in [-0.2, -0.15) is 0 Å². The topological polar surface area (TPSA) is 72.2 Å². The van der Waals surface area contributed by atoms with Gasteiger partial charge in [0.2, 0.25) is 5.91 Å². The zero-order valence-electron chi connectivity index (χ0n) is 10.6. The molecule has 1 amide bonds. The number of nitrogen functional groups attached to an aromatic ring is 1. The monoisotopic (exact) mass is 268 g/mol.